The monoisotopic (exact) mass is 571 g/mol. The molecule has 1 atom stereocenters. The molecule has 0 bridgehead atoms. The fourth-order valence-electron chi connectivity index (χ4n) is 4.38. The van der Waals surface area contributed by atoms with E-state index in [1.807, 2.05) is 32.0 Å². The van der Waals surface area contributed by atoms with Gasteiger partial charge in [-0.05, 0) is 67.3 Å². The van der Waals surface area contributed by atoms with Crippen LogP contribution in [-0.4, -0.2) is 44.5 Å². The minimum absolute atomic E-state index is 0.0601. The Morgan fingerprint density at radius 3 is 2.26 bits per heavy atom. The van der Waals surface area contributed by atoms with Crippen LogP contribution in [0.25, 0.3) is 11.1 Å². The minimum atomic E-state index is -1.05. The number of ketones is 1. The number of halogens is 2. The topological polar surface area (TPSA) is 90.9 Å². The molecule has 3 rings (SSSR count). The van der Waals surface area contributed by atoms with Gasteiger partial charge in [0.25, 0.3) is 5.91 Å². The second-order valence-corrected chi connectivity index (χ2v) is 9.73. The van der Waals surface area contributed by atoms with Crippen LogP contribution < -0.4 is 10.1 Å². The highest BCUT2D eigenvalue weighted by Gasteiger charge is 2.26. The van der Waals surface area contributed by atoms with E-state index in [9.17, 15) is 14.4 Å². The van der Waals surface area contributed by atoms with Gasteiger partial charge in [-0.25, -0.2) is 4.79 Å². The summed E-state index contributed by atoms with van der Waals surface area (Å²) in [6.07, 6.45) is 0.0739. The van der Waals surface area contributed by atoms with Crippen molar-refractivity contribution in [3.63, 3.8) is 0 Å². The molecule has 0 aliphatic heterocycles. The lowest BCUT2D eigenvalue weighted by Gasteiger charge is -2.20. The Balaban J connectivity index is 1.98. The number of amides is 1. The summed E-state index contributed by atoms with van der Waals surface area (Å²) < 4.78 is 16.1. The van der Waals surface area contributed by atoms with Gasteiger partial charge >= 0.3 is 5.97 Å². The minimum Gasteiger partial charge on any atom is -0.496 e. The van der Waals surface area contributed by atoms with Gasteiger partial charge < -0.3 is 19.5 Å². The maximum atomic E-state index is 13.0. The molecule has 3 aromatic carbocycles. The molecule has 39 heavy (non-hydrogen) atoms. The van der Waals surface area contributed by atoms with Crippen LogP contribution >= 0.6 is 23.2 Å². The Labute approximate surface area is 238 Å². The molecule has 206 valence electrons. The lowest BCUT2D eigenvalue weighted by atomic mass is 9.90. The largest absolute Gasteiger partial charge is 0.496 e. The van der Waals surface area contributed by atoms with E-state index in [4.69, 9.17) is 37.4 Å². The van der Waals surface area contributed by atoms with Crippen molar-refractivity contribution in [2.24, 2.45) is 0 Å². The van der Waals surface area contributed by atoms with E-state index in [-0.39, 0.29) is 27.8 Å². The Bertz CT molecular complexity index is 1370. The molecule has 0 heterocycles. The highest BCUT2D eigenvalue weighted by Crippen LogP contribution is 2.37. The highest BCUT2D eigenvalue weighted by atomic mass is 35.5. The van der Waals surface area contributed by atoms with Crippen molar-refractivity contribution < 1.29 is 28.6 Å². The van der Waals surface area contributed by atoms with E-state index < -0.39 is 17.9 Å². The van der Waals surface area contributed by atoms with Crippen molar-refractivity contribution in [1.82, 2.24) is 5.32 Å². The second kappa shape index (κ2) is 13.6. The van der Waals surface area contributed by atoms with E-state index in [0.29, 0.717) is 35.7 Å². The molecular weight excluding hydrogens is 541 g/mol. The van der Waals surface area contributed by atoms with Crippen LogP contribution in [0.1, 0.15) is 51.3 Å². The molecule has 0 fully saturated rings. The van der Waals surface area contributed by atoms with Crippen LogP contribution in [0.3, 0.4) is 0 Å². The van der Waals surface area contributed by atoms with Crippen LogP contribution in [0.15, 0.2) is 48.5 Å². The number of esters is 1. The van der Waals surface area contributed by atoms with E-state index >= 15 is 0 Å². The third-order valence-corrected chi connectivity index (χ3v) is 6.84. The molecule has 3 aromatic rings. The lowest BCUT2D eigenvalue weighted by molar-refractivity contribution is -0.142. The summed E-state index contributed by atoms with van der Waals surface area (Å²) >= 11 is 12.3. The fraction of sp³-hybridized carbons (Fsp3) is 0.300. The summed E-state index contributed by atoms with van der Waals surface area (Å²) in [5, 5.41) is 2.97. The molecular formula is C30H31Cl2NO6. The van der Waals surface area contributed by atoms with E-state index in [2.05, 4.69) is 5.32 Å². The van der Waals surface area contributed by atoms with E-state index in [1.54, 1.807) is 25.3 Å². The van der Waals surface area contributed by atoms with Crippen LogP contribution in [0.2, 0.25) is 10.0 Å². The Hall–Kier alpha value is -3.39. The van der Waals surface area contributed by atoms with Crippen molar-refractivity contribution in [3.8, 4) is 16.9 Å². The van der Waals surface area contributed by atoms with Gasteiger partial charge in [-0.15, -0.1) is 0 Å². The smallest absolute Gasteiger partial charge is 0.328 e. The predicted octanol–water partition coefficient (Wildman–Crippen LogP) is 6.23. The second-order valence-electron chi connectivity index (χ2n) is 8.91. The first-order valence-corrected chi connectivity index (χ1v) is 13.1. The Kier molecular flexibility index (Phi) is 10.5. The molecule has 0 saturated heterocycles. The van der Waals surface area contributed by atoms with E-state index in [1.165, 1.54) is 26.2 Å². The number of hydrogen-bond acceptors (Lipinski definition) is 6. The lowest BCUT2D eigenvalue weighted by Crippen LogP contribution is -2.43. The first kappa shape index (κ1) is 30.2. The Morgan fingerprint density at radius 2 is 1.67 bits per heavy atom. The zero-order chi connectivity index (χ0) is 28.7. The van der Waals surface area contributed by atoms with Gasteiger partial charge in [-0.3, -0.25) is 9.59 Å². The fourth-order valence-corrected chi connectivity index (χ4v) is 4.95. The van der Waals surface area contributed by atoms with Gasteiger partial charge in [-0.2, -0.15) is 0 Å². The quantitative estimate of drug-likeness (QED) is 0.216. The maximum Gasteiger partial charge on any atom is 0.328 e. The van der Waals surface area contributed by atoms with Crippen LogP contribution in [0, 0.1) is 6.92 Å². The number of benzene rings is 3. The van der Waals surface area contributed by atoms with Crippen molar-refractivity contribution in [1.29, 1.82) is 0 Å². The summed E-state index contributed by atoms with van der Waals surface area (Å²) in [4.78, 5) is 38.3. The molecule has 0 saturated carbocycles. The average Bonchev–Trinajstić information content (AvgIpc) is 2.90. The normalized spacial score (nSPS) is 11.6. The molecule has 0 unspecified atom stereocenters. The molecule has 1 N–H and O–H groups in total. The van der Waals surface area contributed by atoms with Gasteiger partial charge in [0, 0.05) is 24.2 Å². The van der Waals surface area contributed by atoms with Gasteiger partial charge in [0.1, 0.15) is 11.8 Å². The van der Waals surface area contributed by atoms with Crippen LogP contribution in [0.5, 0.6) is 5.75 Å². The Morgan fingerprint density at radius 1 is 0.974 bits per heavy atom. The molecule has 0 spiro atoms. The first-order chi connectivity index (χ1) is 18.6. The predicted molar refractivity (Wildman–Crippen MR) is 152 cm³/mol. The van der Waals surface area contributed by atoms with E-state index in [0.717, 1.165) is 16.7 Å². The number of nitrogens with one attached hydrogen (secondary N) is 1. The van der Waals surface area contributed by atoms with Gasteiger partial charge in [0.05, 0.1) is 36.4 Å². The van der Waals surface area contributed by atoms with Crippen LogP contribution in [-0.2, 0) is 27.3 Å². The molecule has 1 amide bonds. The molecule has 7 nitrogen and oxygen atoms in total. The number of methoxy groups -OCH3 is 2. The number of hydrogen-bond donors (Lipinski definition) is 1. The standard InChI is InChI=1S/C30H31Cl2NO6/c1-6-39-16-20-12-17(2)27(26(15-20)37-4)21-11-10-19(13-22(21)18(3)34)14-25(30(36)38-5)33-29(35)28-23(31)8-7-9-24(28)32/h7-13,15,25H,6,14,16H2,1-5H3,(H,33,35)/t25-/m0/s1. The third-order valence-electron chi connectivity index (χ3n) is 6.21. The summed E-state index contributed by atoms with van der Waals surface area (Å²) in [7, 11) is 2.82. The van der Waals surface area contributed by atoms with Crippen molar-refractivity contribution in [3.05, 3.63) is 86.4 Å². The number of ether oxygens (including phenoxy) is 3. The van der Waals surface area contributed by atoms with Crippen molar-refractivity contribution in [2.75, 3.05) is 20.8 Å². The van der Waals surface area contributed by atoms with Gasteiger partial charge in [0.15, 0.2) is 5.78 Å². The van der Waals surface area contributed by atoms with Crippen LogP contribution in [0.4, 0.5) is 0 Å². The summed E-state index contributed by atoms with van der Waals surface area (Å²) in [5.74, 6) is -0.802. The molecule has 0 aliphatic carbocycles. The zero-order valence-corrected chi connectivity index (χ0v) is 24.0. The van der Waals surface area contributed by atoms with Crippen molar-refractivity contribution >= 4 is 40.9 Å². The van der Waals surface area contributed by atoms with Gasteiger partial charge in [0.2, 0.25) is 0 Å². The van der Waals surface area contributed by atoms with Crippen molar-refractivity contribution in [2.45, 2.75) is 39.8 Å². The highest BCUT2D eigenvalue weighted by molar-refractivity contribution is 6.39. The number of carbonyl (C=O) groups is 3. The molecule has 9 heteroatoms. The average molecular weight is 572 g/mol. The summed E-state index contributed by atoms with van der Waals surface area (Å²) in [6.45, 7) is 6.41. The number of rotatable bonds is 11. The third kappa shape index (κ3) is 7.18. The SMILES string of the molecule is CCOCc1cc(C)c(-c2ccc(C[C@H](NC(=O)c3c(Cl)cccc3Cl)C(=O)OC)cc2C(C)=O)c(OC)c1. The zero-order valence-electron chi connectivity index (χ0n) is 22.5. The summed E-state index contributed by atoms with van der Waals surface area (Å²) in [5.41, 5.74) is 4.54. The number of carbonyl (C=O) groups excluding carboxylic acids is 3. The maximum absolute atomic E-state index is 13.0. The van der Waals surface area contributed by atoms with Gasteiger partial charge in [-0.1, -0.05) is 47.5 Å². The molecule has 0 aromatic heterocycles. The first-order valence-electron chi connectivity index (χ1n) is 12.3. The number of Topliss-reactive ketones (excluding diaryl/α,β-unsaturated/α-hetero) is 1. The number of aryl methyl sites for hydroxylation is 1. The summed E-state index contributed by atoms with van der Waals surface area (Å²) in [6, 6.07) is 12.9. The molecule has 0 radical (unpaired) electrons. The molecule has 0 aliphatic rings.